The topological polar surface area (TPSA) is 84.3 Å². The van der Waals surface area contributed by atoms with Crippen LogP contribution in [0.2, 0.25) is 0 Å². The Morgan fingerprint density at radius 2 is 1.79 bits per heavy atom. The lowest BCUT2D eigenvalue weighted by molar-refractivity contribution is -0.384. The number of amides is 2. The fraction of sp³-hybridized carbons (Fsp3) is 0.0714. The van der Waals surface area contributed by atoms with Crippen molar-refractivity contribution in [3.8, 4) is 0 Å². The largest absolute Gasteiger partial charge is 0.416 e. The Labute approximate surface area is 132 Å². The number of non-ortho nitro benzene ring substituents is 1. The fourth-order valence-electron chi connectivity index (χ4n) is 1.78. The van der Waals surface area contributed by atoms with Crippen LogP contribution in [0.3, 0.4) is 0 Å². The van der Waals surface area contributed by atoms with E-state index in [1.165, 1.54) is 6.07 Å². The molecule has 2 aromatic rings. The van der Waals surface area contributed by atoms with Crippen LogP contribution < -0.4 is 10.6 Å². The number of hydrogen-bond donors (Lipinski definition) is 2. The quantitative estimate of drug-likeness (QED) is 0.492. The Kier molecular flexibility index (Phi) is 4.67. The minimum Gasteiger partial charge on any atom is -0.308 e. The van der Waals surface area contributed by atoms with Gasteiger partial charge in [0.05, 0.1) is 16.2 Å². The van der Waals surface area contributed by atoms with Crippen molar-refractivity contribution >= 4 is 23.1 Å². The van der Waals surface area contributed by atoms with Crippen molar-refractivity contribution in [2.45, 2.75) is 6.18 Å². The summed E-state index contributed by atoms with van der Waals surface area (Å²) in [5.74, 6) is -0.931. The van der Waals surface area contributed by atoms with E-state index >= 15 is 0 Å². The lowest BCUT2D eigenvalue weighted by atomic mass is 10.2. The zero-order valence-electron chi connectivity index (χ0n) is 11.7. The van der Waals surface area contributed by atoms with Crippen LogP contribution in [-0.4, -0.2) is 11.0 Å². The van der Waals surface area contributed by atoms with E-state index in [-0.39, 0.29) is 5.69 Å². The molecular weight excluding hydrogens is 334 g/mol. The third kappa shape index (κ3) is 4.18. The zero-order chi connectivity index (χ0) is 17.9. The molecule has 2 rings (SSSR count). The standard InChI is InChI=1S/C14H9F4N3O3/c15-11-5-4-10(21(23)24)7-12(11)20-13(22)19-9-3-1-2-8(6-9)14(16,17)18/h1-7H,(H2,19,20,22). The second kappa shape index (κ2) is 6.52. The molecule has 0 heterocycles. The third-order valence-corrected chi connectivity index (χ3v) is 2.86. The Balaban J connectivity index is 2.14. The van der Waals surface area contributed by atoms with Gasteiger partial charge in [-0.05, 0) is 24.3 Å². The van der Waals surface area contributed by atoms with Gasteiger partial charge in [0.2, 0.25) is 0 Å². The number of anilines is 2. The molecule has 0 aliphatic carbocycles. The van der Waals surface area contributed by atoms with Crippen LogP contribution in [0, 0.1) is 15.9 Å². The van der Waals surface area contributed by atoms with Gasteiger partial charge < -0.3 is 10.6 Å². The highest BCUT2D eigenvalue weighted by atomic mass is 19.4. The molecule has 2 aromatic carbocycles. The molecule has 0 aliphatic rings. The highest BCUT2D eigenvalue weighted by molar-refractivity contribution is 6.00. The summed E-state index contributed by atoms with van der Waals surface area (Å²) in [6.07, 6.45) is -4.58. The maximum Gasteiger partial charge on any atom is 0.416 e. The molecule has 10 heteroatoms. The van der Waals surface area contributed by atoms with Crippen molar-refractivity contribution in [1.29, 1.82) is 0 Å². The zero-order valence-corrected chi connectivity index (χ0v) is 11.7. The van der Waals surface area contributed by atoms with Crippen LogP contribution in [0.25, 0.3) is 0 Å². The second-order valence-corrected chi connectivity index (χ2v) is 4.58. The van der Waals surface area contributed by atoms with Gasteiger partial charge >= 0.3 is 12.2 Å². The summed E-state index contributed by atoms with van der Waals surface area (Å²) in [7, 11) is 0. The SMILES string of the molecule is O=C(Nc1cccc(C(F)(F)F)c1)Nc1cc([N+](=O)[O-])ccc1F. The second-order valence-electron chi connectivity index (χ2n) is 4.58. The molecule has 0 aliphatic heterocycles. The first-order valence-corrected chi connectivity index (χ1v) is 6.36. The molecule has 0 atom stereocenters. The predicted octanol–water partition coefficient (Wildman–Crippen LogP) is 4.40. The van der Waals surface area contributed by atoms with Crippen LogP contribution >= 0.6 is 0 Å². The van der Waals surface area contributed by atoms with Gasteiger partial charge in [-0.1, -0.05) is 6.07 Å². The van der Waals surface area contributed by atoms with Gasteiger partial charge in [-0.15, -0.1) is 0 Å². The summed E-state index contributed by atoms with van der Waals surface area (Å²) >= 11 is 0. The van der Waals surface area contributed by atoms with E-state index in [2.05, 4.69) is 5.32 Å². The minimum atomic E-state index is -4.58. The van der Waals surface area contributed by atoms with Gasteiger partial charge in [0, 0.05) is 17.8 Å². The average molecular weight is 343 g/mol. The van der Waals surface area contributed by atoms with Crippen molar-refractivity contribution in [2.24, 2.45) is 0 Å². The number of halogens is 4. The van der Waals surface area contributed by atoms with E-state index in [1.807, 2.05) is 5.32 Å². The van der Waals surface area contributed by atoms with Crippen LogP contribution in [0.1, 0.15) is 5.56 Å². The summed E-state index contributed by atoms with van der Waals surface area (Å²) in [6, 6.07) is 5.26. The molecule has 0 spiro atoms. The molecular formula is C14H9F4N3O3. The number of nitro benzene ring substituents is 1. The molecule has 0 fully saturated rings. The number of carbonyl (C=O) groups is 1. The summed E-state index contributed by atoms with van der Waals surface area (Å²) in [5, 5.41) is 14.7. The van der Waals surface area contributed by atoms with E-state index in [9.17, 15) is 32.5 Å². The molecule has 2 amide bonds. The van der Waals surface area contributed by atoms with Crippen LogP contribution in [0.5, 0.6) is 0 Å². The molecule has 126 valence electrons. The number of hydrogen-bond acceptors (Lipinski definition) is 3. The molecule has 0 unspecified atom stereocenters. The smallest absolute Gasteiger partial charge is 0.308 e. The number of alkyl halides is 3. The van der Waals surface area contributed by atoms with Gasteiger partial charge in [0.15, 0.2) is 0 Å². The maximum absolute atomic E-state index is 13.5. The first-order valence-electron chi connectivity index (χ1n) is 6.36. The number of rotatable bonds is 3. The predicted molar refractivity (Wildman–Crippen MR) is 77.1 cm³/mol. The lowest BCUT2D eigenvalue weighted by Crippen LogP contribution is -2.20. The molecule has 6 nitrogen and oxygen atoms in total. The van der Waals surface area contributed by atoms with Crippen LogP contribution in [0.15, 0.2) is 42.5 Å². The number of nitrogens with zero attached hydrogens (tertiary/aromatic N) is 1. The number of carbonyl (C=O) groups excluding carboxylic acids is 1. The van der Waals surface area contributed by atoms with Crippen molar-refractivity contribution < 1.29 is 27.3 Å². The molecule has 24 heavy (non-hydrogen) atoms. The Morgan fingerprint density at radius 3 is 2.42 bits per heavy atom. The van der Waals surface area contributed by atoms with Gasteiger partial charge in [-0.2, -0.15) is 13.2 Å². The van der Waals surface area contributed by atoms with E-state index < -0.39 is 39.9 Å². The van der Waals surface area contributed by atoms with Gasteiger partial charge in [-0.25, -0.2) is 9.18 Å². The van der Waals surface area contributed by atoms with Crippen LogP contribution in [0.4, 0.5) is 39.4 Å². The van der Waals surface area contributed by atoms with Crippen molar-refractivity contribution in [1.82, 2.24) is 0 Å². The Bertz CT molecular complexity index is 793. The molecule has 0 aromatic heterocycles. The van der Waals surface area contributed by atoms with Gasteiger partial charge in [-0.3, -0.25) is 10.1 Å². The molecule has 0 radical (unpaired) electrons. The highest BCUT2D eigenvalue weighted by Crippen LogP contribution is 2.30. The van der Waals surface area contributed by atoms with Gasteiger partial charge in [0.25, 0.3) is 5.69 Å². The normalized spacial score (nSPS) is 11.0. The summed E-state index contributed by atoms with van der Waals surface area (Å²) < 4.78 is 51.3. The first kappa shape index (κ1) is 17.2. The van der Waals surface area contributed by atoms with E-state index in [1.54, 1.807) is 0 Å². The third-order valence-electron chi connectivity index (χ3n) is 2.86. The highest BCUT2D eigenvalue weighted by Gasteiger charge is 2.30. The lowest BCUT2D eigenvalue weighted by Gasteiger charge is -2.11. The average Bonchev–Trinajstić information content (AvgIpc) is 2.48. The maximum atomic E-state index is 13.5. The molecule has 0 saturated carbocycles. The van der Waals surface area contributed by atoms with Gasteiger partial charge in [0.1, 0.15) is 5.82 Å². The summed E-state index contributed by atoms with van der Waals surface area (Å²) in [6.45, 7) is 0. The Morgan fingerprint density at radius 1 is 1.08 bits per heavy atom. The van der Waals surface area contributed by atoms with Crippen molar-refractivity contribution in [3.05, 3.63) is 64.0 Å². The minimum absolute atomic E-state index is 0.173. The van der Waals surface area contributed by atoms with Crippen molar-refractivity contribution in [3.63, 3.8) is 0 Å². The monoisotopic (exact) mass is 343 g/mol. The summed E-state index contributed by atoms with van der Waals surface area (Å²) in [4.78, 5) is 21.6. The molecule has 0 saturated heterocycles. The first-order chi connectivity index (χ1) is 11.2. The van der Waals surface area contributed by atoms with E-state index in [0.717, 1.165) is 30.3 Å². The van der Waals surface area contributed by atoms with E-state index in [4.69, 9.17) is 0 Å². The number of benzene rings is 2. The fourth-order valence-corrected chi connectivity index (χ4v) is 1.78. The molecule has 0 bridgehead atoms. The van der Waals surface area contributed by atoms with E-state index in [0.29, 0.717) is 6.07 Å². The van der Waals surface area contributed by atoms with Crippen molar-refractivity contribution in [2.75, 3.05) is 10.6 Å². The molecule has 2 N–H and O–H groups in total. The number of urea groups is 1. The summed E-state index contributed by atoms with van der Waals surface area (Å²) in [5.41, 5.74) is -2.07. The Hall–Kier alpha value is -3.17. The number of nitrogens with one attached hydrogen (secondary N) is 2. The van der Waals surface area contributed by atoms with Crippen LogP contribution in [-0.2, 0) is 6.18 Å². The number of nitro groups is 1.